The van der Waals surface area contributed by atoms with Crippen molar-refractivity contribution in [1.82, 2.24) is 9.97 Å². The Morgan fingerprint density at radius 3 is 2.54 bits per heavy atom. The highest BCUT2D eigenvalue weighted by molar-refractivity contribution is 7.91. The average molecular weight is 367 g/mol. The molecule has 3 rings (SSSR count). The Hall–Kier alpha value is -2.98. The van der Waals surface area contributed by atoms with Crippen molar-refractivity contribution in [1.29, 1.82) is 5.26 Å². The zero-order valence-electron chi connectivity index (χ0n) is 14.1. The van der Waals surface area contributed by atoms with Gasteiger partial charge in [-0.3, -0.25) is 4.79 Å². The van der Waals surface area contributed by atoms with E-state index in [-0.39, 0.29) is 22.9 Å². The summed E-state index contributed by atoms with van der Waals surface area (Å²) in [6, 6.07) is 15.6. The number of carbonyl (C=O) groups is 1. The van der Waals surface area contributed by atoms with Gasteiger partial charge in [0.2, 0.25) is 0 Å². The van der Waals surface area contributed by atoms with Gasteiger partial charge in [-0.15, -0.1) is 0 Å². The van der Waals surface area contributed by atoms with Crippen LogP contribution in [-0.2, 0) is 14.6 Å². The van der Waals surface area contributed by atoms with Gasteiger partial charge in [0.15, 0.2) is 21.5 Å². The number of Topliss-reactive ketones (excluding diaryl/α,β-unsaturated/α-hetero) is 1. The standard InChI is InChI=1S/C19H17N3O3S/c1-13-6-8-14(9-7-13)26(24,25)11-10-18(23)15(12-20)19-21-16-4-2-3-5-17(16)22-19/h2-9,15H,10-11H2,1H3,(H,21,22)/t15-/m0/s1. The van der Waals surface area contributed by atoms with E-state index < -0.39 is 21.5 Å². The quantitative estimate of drug-likeness (QED) is 0.721. The van der Waals surface area contributed by atoms with E-state index in [0.29, 0.717) is 5.52 Å². The number of carbonyl (C=O) groups excluding carboxylic acids is 1. The number of fused-ring (bicyclic) bond motifs is 1. The lowest BCUT2D eigenvalue weighted by Gasteiger charge is -2.07. The number of imidazole rings is 1. The Morgan fingerprint density at radius 1 is 1.19 bits per heavy atom. The fraction of sp³-hybridized carbons (Fsp3) is 0.211. The molecule has 0 saturated heterocycles. The number of benzene rings is 2. The number of aromatic nitrogens is 2. The largest absolute Gasteiger partial charge is 0.340 e. The second-order valence-electron chi connectivity index (χ2n) is 6.05. The molecular formula is C19H17N3O3S. The number of rotatable bonds is 6. The van der Waals surface area contributed by atoms with Gasteiger partial charge in [-0.2, -0.15) is 5.26 Å². The molecule has 0 aliphatic rings. The number of ketones is 1. The number of hydrogen-bond donors (Lipinski definition) is 1. The summed E-state index contributed by atoms with van der Waals surface area (Å²) >= 11 is 0. The van der Waals surface area contributed by atoms with Crippen molar-refractivity contribution < 1.29 is 13.2 Å². The van der Waals surface area contributed by atoms with Gasteiger partial charge in [0, 0.05) is 6.42 Å². The number of nitrogens with zero attached hydrogens (tertiary/aromatic N) is 2. The third-order valence-corrected chi connectivity index (χ3v) is 5.86. The molecule has 6 nitrogen and oxygen atoms in total. The van der Waals surface area contributed by atoms with Crippen LogP contribution in [0.3, 0.4) is 0 Å². The van der Waals surface area contributed by atoms with Crippen molar-refractivity contribution in [2.75, 3.05) is 5.75 Å². The van der Waals surface area contributed by atoms with E-state index in [1.54, 1.807) is 24.3 Å². The predicted octanol–water partition coefficient (Wildman–Crippen LogP) is 2.91. The van der Waals surface area contributed by atoms with Crippen LogP contribution >= 0.6 is 0 Å². The zero-order chi connectivity index (χ0) is 18.7. The van der Waals surface area contributed by atoms with Crippen molar-refractivity contribution in [3.8, 4) is 6.07 Å². The highest BCUT2D eigenvalue weighted by Crippen LogP contribution is 2.20. The molecule has 0 aliphatic heterocycles. The highest BCUT2D eigenvalue weighted by Gasteiger charge is 2.26. The van der Waals surface area contributed by atoms with E-state index in [9.17, 15) is 18.5 Å². The van der Waals surface area contributed by atoms with Gasteiger partial charge >= 0.3 is 0 Å². The Morgan fingerprint density at radius 2 is 1.88 bits per heavy atom. The first-order valence-corrected chi connectivity index (χ1v) is 9.72. The van der Waals surface area contributed by atoms with Crippen LogP contribution < -0.4 is 0 Å². The molecule has 0 bridgehead atoms. The molecule has 0 amide bonds. The monoisotopic (exact) mass is 367 g/mol. The molecule has 1 aromatic heterocycles. The van der Waals surface area contributed by atoms with Gasteiger partial charge in [-0.05, 0) is 31.2 Å². The Labute approximate surface area is 151 Å². The van der Waals surface area contributed by atoms with Crippen LogP contribution in [0.15, 0.2) is 53.4 Å². The van der Waals surface area contributed by atoms with E-state index in [4.69, 9.17) is 0 Å². The highest BCUT2D eigenvalue weighted by atomic mass is 32.2. The lowest BCUT2D eigenvalue weighted by Crippen LogP contribution is -2.17. The average Bonchev–Trinajstić information content (AvgIpc) is 3.04. The van der Waals surface area contributed by atoms with Crippen LogP contribution in [0.1, 0.15) is 23.7 Å². The maximum atomic E-state index is 12.4. The molecular weight excluding hydrogens is 350 g/mol. The number of hydrogen-bond acceptors (Lipinski definition) is 5. The van der Waals surface area contributed by atoms with E-state index in [1.807, 2.05) is 25.1 Å². The Balaban J connectivity index is 1.75. The molecule has 0 unspecified atom stereocenters. The number of aryl methyl sites for hydroxylation is 1. The minimum absolute atomic E-state index is 0.174. The molecule has 0 radical (unpaired) electrons. The van der Waals surface area contributed by atoms with E-state index in [2.05, 4.69) is 9.97 Å². The zero-order valence-corrected chi connectivity index (χ0v) is 15.0. The van der Waals surface area contributed by atoms with Crippen LogP contribution in [0, 0.1) is 18.3 Å². The first kappa shape index (κ1) is 17.8. The maximum Gasteiger partial charge on any atom is 0.178 e. The number of H-pyrrole nitrogens is 1. The van der Waals surface area contributed by atoms with Crippen molar-refractivity contribution in [2.45, 2.75) is 24.2 Å². The van der Waals surface area contributed by atoms with Gasteiger partial charge in [0.25, 0.3) is 0 Å². The summed E-state index contributed by atoms with van der Waals surface area (Å²) in [6.45, 7) is 1.87. The molecule has 0 fully saturated rings. The summed E-state index contributed by atoms with van der Waals surface area (Å²) in [5, 5.41) is 9.37. The van der Waals surface area contributed by atoms with Gasteiger partial charge in [-0.25, -0.2) is 13.4 Å². The summed E-state index contributed by atoms with van der Waals surface area (Å²) in [5.74, 6) is -1.68. The van der Waals surface area contributed by atoms with Gasteiger partial charge < -0.3 is 4.98 Å². The molecule has 0 saturated carbocycles. The fourth-order valence-electron chi connectivity index (χ4n) is 2.64. The molecule has 1 atom stereocenters. The molecule has 0 aliphatic carbocycles. The van der Waals surface area contributed by atoms with Gasteiger partial charge in [-0.1, -0.05) is 29.8 Å². The number of nitrogens with one attached hydrogen (secondary N) is 1. The second-order valence-corrected chi connectivity index (χ2v) is 8.16. The number of para-hydroxylation sites is 2. The smallest absolute Gasteiger partial charge is 0.178 e. The molecule has 26 heavy (non-hydrogen) atoms. The van der Waals surface area contributed by atoms with Crippen LogP contribution in [0.25, 0.3) is 11.0 Å². The number of nitriles is 1. The van der Waals surface area contributed by atoms with Crippen LogP contribution in [0.2, 0.25) is 0 Å². The summed E-state index contributed by atoms with van der Waals surface area (Å²) in [6.07, 6.45) is -0.245. The van der Waals surface area contributed by atoms with Crippen LogP contribution in [0.4, 0.5) is 0 Å². The second kappa shape index (κ2) is 7.10. The molecule has 1 N–H and O–H groups in total. The fourth-order valence-corrected chi connectivity index (χ4v) is 3.89. The number of aromatic amines is 1. The molecule has 2 aromatic carbocycles. The van der Waals surface area contributed by atoms with E-state index >= 15 is 0 Å². The lowest BCUT2D eigenvalue weighted by molar-refractivity contribution is -0.119. The van der Waals surface area contributed by atoms with Crippen molar-refractivity contribution >= 4 is 26.7 Å². The third kappa shape index (κ3) is 3.65. The van der Waals surface area contributed by atoms with Crippen molar-refractivity contribution in [2.24, 2.45) is 0 Å². The summed E-state index contributed by atoms with van der Waals surface area (Å²) in [5.41, 5.74) is 2.33. The molecule has 1 heterocycles. The molecule has 132 valence electrons. The normalized spacial score (nSPS) is 12.6. The topological polar surface area (TPSA) is 104 Å². The van der Waals surface area contributed by atoms with Crippen molar-refractivity contribution in [3.63, 3.8) is 0 Å². The Kier molecular flexibility index (Phi) is 4.87. The maximum absolute atomic E-state index is 12.4. The van der Waals surface area contributed by atoms with Gasteiger partial charge in [0.05, 0.1) is 27.8 Å². The summed E-state index contributed by atoms with van der Waals surface area (Å²) < 4.78 is 24.8. The Bertz CT molecular complexity index is 1060. The minimum atomic E-state index is -3.58. The summed E-state index contributed by atoms with van der Waals surface area (Å²) in [4.78, 5) is 19.8. The summed E-state index contributed by atoms with van der Waals surface area (Å²) in [7, 11) is -3.58. The first-order valence-electron chi connectivity index (χ1n) is 8.07. The van der Waals surface area contributed by atoms with Crippen LogP contribution in [-0.4, -0.2) is 29.9 Å². The third-order valence-electron chi connectivity index (χ3n) is 4.13. The molecule has 0 spiro atoms. The van der Waals surface area contributed by atoms with Crippen LogP contribution in [0.5, 0.6) is 0 Å². The van der Waals surface area contributed by atoms with E-state index in [0.717, 1.165) is 11.1 Å². The SMILES string of the molecule is Cc1ccc(S(=O)(=O)CCC(=O)[C@H](C#N)c2nc3ccccc3[nH]2)cc1. The van der Waals surface area contributed by atoms with E-state index in [1.165, 1.54) is 12.1 Å². The minimum Gasteiger partial charge on any atom is -0.340 e. The molecule has 3 aromatic rings. The first-order chi connectivity index (χ1) is 12.4. The molecule has 7 heteroatoms. The van der Waals surface area contributed by atoms with Gasteiger partial charge in [0.1, 0.15) is 5.82 Å². The van der Waals surface area contributed by atoms with Crippen molar-refractivity contribution in [3.05, 3.63) is 59.9 Å². The predicted molar refractivity (Wildman–Crippen MR) is 97.3 cm³/mol. The number of sulfone groups is 1. The lowest BCUT2D eigenvalue weighted by atomic mass is 10.0.